The molecule has 6 nitrogen and oxygen atoms in total. The van der Waals surface area contributed by atoms with E-state index in [0.29, 0.717) is 29.0 Å². The molecule has 1 N–H and O–H groups in total. The monoisotopic (exact) mass is 413 g/mol. The maximum absolute atomic E-state index is 14.6. The first kappa shape index (κ1) is 19.3. The van der Waals surface area contributed by atoms with Crippen molar-refractivity contribution in [1.29, 1.82) is 0 Å². The first-order chi connectivity index (χ1) is 14.9. The molecule has 2 aromatic carbocycles. The van der Waals surface area contributed by atoms with Crippen molar-refractivity contribution in [3.8, 4) is 11.3 Å². The topological polar surface area (TPSA) is 76.7 Å². The van der Waals surface area contributed by atoms with Crippen LogP contribution in [0.1, 0.15) is 25.0 Å². The maximum atomic E-state index is 14.6. The van der Waals surface area contributed by atoms with Gasteiger partial charge in [-0.15, -0.1) is 5.10 Å². The largest absolute Gasteiger partial charge is 0.386 e. The summed E-state index contributed by atoms with van der Waals surface area (Å²) >= 11 is 0. The summed E-state index contributed by atoms with van der Waals surface area (Å²) < 4.78 is 16.3. The van der Waals surface area contributed by atoms with Crippen molar-refractivity contribution in [2.75, 3.05) is 0 Å². The van der Waals surface area contributed by atoms with E-state index in [1.165, 1.54) is 6.07 Å². The van der Waals surface area contributed by atoms with Gasteiger partial charge in [-0.1, -0.05) is 29.5 Å². The number of rotatable bonds is 4. The molecular formula is C24H20FN5O. The fraction of sp³-hybridized carbons (Fsp3) is 0.167. The van der Waals surface area contributed by atoms with Crippen LogP contribution in [0.3, 0.4) is 0 Å². The van der Waals surface area contributed by atoms with Gasteiger partial charge in [-0.3, -0.25) is 4.98 Å². The van der Waals surface area contributed by atoms with Crippen molar-refractivity contribution in [2.24, 2.45) is 0 Å². The normalized spacial score (nSPS) is 12.0. The molecule has 0 saturated heterocycles. The van der Waals surface area contributed by atoms with Crippen LogP contribution in [0.5, 0.6) is 0 Å². The molecule has 0 aliphatic rings. The Hall–Kier alpha value is -3.71. The number of aromatic nitrogens is 5. The van der Waals surface area contributed by atoms with Crippen molar-refractivity contribution in [1.82, 2.24) is 25.0 Å². The van der Waals surface area contributed by atoms with E-state index in [4.69, 9.17) is 4.98 Å². The SMILES string of the molecule is CC(C)(O)c1ccc(-c2ccc3nnn(Cc4ccc5ncccc5c4)c3n2)cc1F. The highest BCUT2D eigenvalue weighted by Crippen LogP contribution is 2.28. The van der Waals surface area contributed by atoms with Crippen LogP contribution >= 0.6 is 0 Å². The fourth-order valence-corrected chi connectivity index (χ4v) is 3.69. The minimum Gasteiger partial charge on any atom is -0.386 e. The van der Waals surface area contributed by atoms with Gasteiger partial charge in [0.25, 0.3) is 0 Å². The smallest absolute Gasteiger partial charge is 0.179 e. The second-order valence-corrected chi connectivity index (χ2v) is 8.07. The Labute approximate surface area is 178 Å². The molecule has 0 spiro atoms. The van der Waals surface area contributed by atoms with E-state index in [-0.39, 0.29) is 5.56 Å². The van der Waals surface area contributed by atoms with Gasteiger partial charge in [-0.25, -0.2) is 14.1 Å². The molecule has 0 radical (unpaired) electrons. The summed E-state index contributed by atoms with van der Waals surface area (Å²) in [5, 5.41) is 19.6. The summed E-state index contributed by atoms with van der Waals surface area (Å²) in [7, 11) is 0. The highest BCUT2D eigenvalue weighted by molar-refractivity contribution is 5.79. The third-order valence-corrected chi connectivity index (χ3v) is 5.28. The molecule has 3 heterocycles. The molecule has 0 aliphatic carbocycles. The van der Waals surface area contributed by atoms with Gasteiger partial charge in [0.15, 0.2) is 5.65 Å². The summed E-state index contributed by atoms with van der Waals surface area (Å²) in [5.74, 6) is -0.469. The first-order valence-electron chi connectivity index (χ1n) is 9.95. The third-order valence-electron chi connectivity index (χ3n) is 5.28. The lowest BCUT2D eigenvalue weighted by Gasteiger charge is -2.18. The van der Waals surface area contributed by atoms with E-state index in [0.717, 1.165) is 16.5 Å². The zero-order valence-corrected chi connectivity index (χ0v) is 17.1. The van der Waals surface area contributed by atoms with E-state index < -0.39 is 11.4 Å². The maximum Gasteiger partial charge on any atom is 0.179 e. The lowest BCUT2D eigenvalue weighted by Crippen LogP contribution is -2.17. The van der Waals surface area contributed by atoms with Gasteiger partial charge < -0.3 is 5.11 Å². The van der Waals surface area contributed by atoms with Crippen LogP contribution in [0, 0.1) is 5.82 Å². The summed E-state index contributed by atoms with van der Waals surface area (Å²) in [6.07, 6.45) is 1.77. The van der Waals surface area contributed by atoms with Gasteiger partial charge >= 0.3 is 0 Å². The minimum atomic E-state index is -1.25. The van der Waals surface area contributed by atoms with Gasteiger partial charge in [-0.2, -0.15) is 0 Å². The van der Waals surface area contributed by atoms with Gasteiger partial charge in [0.2, 0.25) is 0 Å². The van der Waals surface area contributed by atoms with Crippen molar-refractivity contribution in [3.63, 3.8) is 0 Å². The number of nitrogens with zero attached hydrogens (tertiary/aromatic N) is 5. The van der Waals surface area contributed by atoms with E-state index in [9.17, 15) is 9.50 Å². The number of aliphatic hydroxyl groups is 1. The number of halogens is 1. The lowest BCUT2D eigenvalue weighted by molar-refractivity contribution is 0.0746. The van der Waals surface area contributed by atoms with Crippen LogP contribution in [-0.2, 0) is 12.1 Å². The Bertz CT molecular complexity index is 1420. The molecule has 0 amide bonds. The molecule has 0 saturated carbocycles. The Balaban J connectivity index is 1.51. The molecule has 0 unspecified atom stereocenters. The van der Waals surface area contributed by atoms with Crippen LogP contribution < -0.4 is 0 Å². The number of hydrogen-bond acceptors (Lipinski definition) is 5. The number of pyridine rings is 2. The number of fused-ring (bicyclic) bond motifs is 2. The van der Waals surface area contributed by atoms with Crippen LogP contribution in [0.4, 0.5) is 4.39 Å². The van der Waals surface area contributed by atoms with Crippen LogP contribution in [0.15, 0.2) is 66.9 Å². The predicted molar refractivity (Wildman–Crippen MR) is 117 cm³/mol. The van der Waals surface area contributed by atoms with E-state index in [1.54, 1.807) is 42.9 Å². The van der Waals surface area contributed by atoms with Crippen molar-refractivity contribution < 1.29 is 9.50 Å². The van der Waals surface area contributed by atoms with E-state index in [1.807, 2.05) is 30.3 Å². The first-order valence-corrected chi connectivity index (χ1v) is 9.95. The van der Waals surface area contributed by atoms with Gasteiger partial charge in [0, 0.05) is 22.7 Å². The molecule has 0 fully saturated rings. The minimum absolute atomic E-state index is 0.245. The molecule has 0 bridgehead atoms. The van der Waals surface area contributed by atoms with Crippen molar-refractivity contribution in [3.05, 3.63) is 83.8 Å². The Kier molecular flexibility index (Phi) is 4.48. The van der Waals surface area contributed by atoms with Gasteiger partial charge in [0.1, 0.15) is 11.3 Å². The predicted octanol–water partition coefficient (Wildman–Crippen LogP) is 4.46. The Morgan fingerprint density at radius 2 is 1.84 bits per heavy atom. The molecule has 0 atom stereocenters. The lowest BCUT2D eigenvalue weighted by atomic mass is 9.96. The molecule has 154 valence electrons. The molecule has 0 aliphatic heterocycles. The summed E-state index contributed by atoms with van der Waals surface area (Å²) in [6.45, 7) is 3.62. The molecule has 7 heteroatoms. The third kappa shape index (κ3) is 3.64. The zero-order valence-electron chi connectivity index (χ0n) is 17.1. The molecule has 31 heavy (non-hydrogen) atoms. The Morgan fingerprint density at radius 1 is 1.00 bits per heavy atom. The second-order valence-electron chi connectivity index (χ2n) is 8.07. The fourth-order valence-electron chi connectivity index (χ4n) is 3.69. The van der Waals surface area contributed by atoms with Gasteiger partial charge in [0.05, 0.1) is 23.4 Å². The number of hydrogen-bond donors (Lipinski definition) is 1. The average molecular weight is 413 g/mol. The van der Waals surface area contributed by atoms with Crippen LogP contribution in [-0.4, -0.2) is 30.1 Å². The standard InChI is InChI=1S/C24H20FN5O/c1-24(2,31)18-7-6-17(13-19(18)25)21-9-10-22-23(27-21)30(29-28-22)14-15-5-8-20-16(12-15)4-3-11-26-20/h3-13,31H,14H2,1-2H3. The van der Waals surface area contributed by atoms with E-state index >= 15 is 0 Å². The molecule has 3 aromatic heterocycles. The average Bonchev–Trinajstić information content (AvgIpc) is 3.14. The van der Waals surface area contributed by atoms with E-state index in [2.05, 4.69) is 21.4 Å². The number of benzene rings is 2. The quantitative estimate of drug-likeness (QED) is 0.471. The summed E-state index contributed by atoms with van der Waals surface area (Å²) in [4.78, 5) is 9.04. The summed E-state index contributed by atoms with van der Waals surface area (Å²) in [6, 6.07) is 18.4. The molecular weight excluding hydrogens is 393 g/mol. The summed E-state index contributed by atoms with van der Waals surface area (Å²) in [5.41, 5.74) is 3.51. The van der Waals surface area contributed by atoms with Gasteiger partial charge in [-0.05, 0) is 55.8 Å². The van der Waals surface area contributed by atoms with Crippen molar-refractivity contribution >= 4 is 22.1 Å². The Morgan fingerprint density at radius 3 is 2.65 bits per heavy atom. The zero-order chi connectivity index (χ0) is 21.6. The van der Waals surface area contributed by atoms with Crippen LogP contribution in [0.2, 0.25) is 0 Å². The van der Waals surface area contributed by atoms with Crippen molar-refractivity contribution in [2.45, 2.75) is 26.0 Å². The molecule has 5 rings (SSSR count). The second kappa shape index (κ2) is 7.21. The highest BCUT2D eigenvalue weighted by atomic mass is 19.1. The van der Waals surface area contributed by atoms with Crippen LogP contribution in [0.25, 0.3) is 33.3 Å². The molecule has 5 aromatic rings. The highest BCUT2D eigenvalue weighted by Gasteiger charge is 2.21.